The van der Waals surface area contributed by atoms with Crippen LogP contribution in [0.1, 0.15) is 38.2 Å². The van der Waals surface area contributed by atoms with Crippen LogP contribution in [0.5, 0.6) is 0 Å². The van der Waals surface area contributed by atoms with E-state index in [4.69, 9.17) is 5.11 Å². The molecule has 6 nitrogen and oxygen atoms in total. The van der Waals surface area contributed by atoms with E-state index in [0.717, 1.165) is 18.4 Å². The highest BCUT2D eigenvalue weighted by Gasteiger charge is 2.34. The minimum absolute atomic E-state index is 0.00653. The minimum atomic E-state index is -0.974. The zero-order valence-corrected chi connectivity index (χ0v) is 13.9. The highest BCUT2D eigenvalue weighted by atomic mass is 16.4. The van der Waals surface area contributed by atoms with E-state index >= 15 is 0 Å². The number of nitrogens with one attached hydrogen (secondary N) is 1. The summed E-state index contributed by atoms with van der Waals surface area (Å²) in [5.74, 6) is -1.25. The van der Waals surface area contributed by atoms with Gasteiger partial charge in [-0.3, -0.25) is 14.4 Å². The molecule has 0 saturated carbocycles. The number of benzene rings is 1. The molecule has 0 radical (unpaired) electrons. The molecule has 6 heteroatoms. The molecule has 1 fully saturated rings. The average Bonchev–Trinajstić information content (AvgIpc) is 2.54. The van der Waals surface area contributed by atoms with Crippen molar-refractivity contribution in [1.82, 2.24) is 10.2 Å². The highest BCUT2D eigenvalue weighted by Crippen LogP contribution is 2.23. The van der Waals surface area contributed by atoms with Crippen molar-refractivity contribution in [1.29, 1.82) is 0 Å². The predicted molar refractivity (Wildman–Crippen MR) is 89.4 cm³/mol. The Bertz CT molecular complexity index is 588. The van der Waals surface area contributed by atoms with Crippen molar-refractivity contribution < 1.29 is 19.5 Å². The Morgan fingerprint density at radius 1 is 1.21 bits per heavy atom. The lowest BCUT2D eigenvalue weighted by molar-refractivity contribution is -0.142. The maximum atomic E-state index is 12.5. The van der Waals surface area contributed by atoms with Crippen molar-refractivity contribution in [2.75, 3.05) is 6.54 Å². The average molecular weight is 332 g/mol. The molecule has 1 aromatic carbocycles. The number of nitrogens with zero attached hydrogens (tertiary/aromatic N) is 1. The number of carboxylic acids is 1. The summed E-state index contributed by atoms with van der Waals surface area (Å²) in [7, 11) is 0. The summed E-state index contributed by atoms with van der Waals surface area (Å²) in [4.78, 5) is 36.5. The Labute approximate surface area is 141 Å². The monoisotopic (exact) mass is 332 g/mol. The van der Waals surface area contributed by atoms with Gasteiger partial charge >= 0.3 is 5.97 Å². The maximum absolute atomic E-state index is 12.5. The van der Waals surface area contributed by atoms with Crippen LogP contribution in [0.3, 0.4) is 0 Å². The van der Waals surface area contributed by atoms with E-state index in [9.17, 15) is 14.4 Å². The Balaban J connectivity index is 2.16. The van der Waals surface area contributed by atoms with E-state index < -0.39 is 5.97 Å². The fourth-order valence-electron chi connectivity index (χ4n) is 3.26. The molecule has 0 spiro atoms. The molecule has 1 heterocycles. The van der Waals surface area contributed by atoms with Gasteiger partial charge in [-0.05, 0) is 24.8 Å². The second kappa shape index (κ2) is 8.47. The summed E-state index contributed by atoms with van der Waals surface area (Å²) in [6.45, 7) is 2.08. The lowest BCUT2D eigenvalue weighted by Crippen LogP contribution is -2.57. The molecule has 1 aromatic rings. The number of carboxylic acid groups (broad SMARTS) is 1. The second-order valence-corrected chi connectivity index (χ2v) is 6.19. The predicted octanol–water partition coefficient (Wildman–Crippen LogP) is 1.59. The number of carbonyl (C=O) groups excluding carboxylic acids is 2. The zero-order chi connectivity index (χ0) is 17.5. The fourth-order valence-corrected chi connectivity index (χ4v) is 3.26. The molecule has 130 valence electrons. The van der Waals surface area contributed by atoms with Crippen LogP contribution in [0.4, 0.5) is 0 Å². The second-order valence-electron chi connectivity index (χ2n) is 6.19. The summed E-state index contributed by atoms with van der Waals surface area (Å²) in [5.41, 5.74) is 1.09. The van der Waals surface area contributed by atoms with E-state index in [1.807, 2.05) is 30.3 Å². The third-order valence-electron chi connectivity index (χ3n) is 4.33. The number of piperidine rings is 1. The van der Waals surface area contributed by atoms with Gasteiger partial charge in [0, 0.05) is 25.9 Å². The van der Waals surface area contributed by atoms with Crippen molar-refractivity contribution in [3.05, 3.63) is 35.9 Å². The number of hydrogen-bond donors (Lipinski definition) is 2. The Kier molecular flexibility index (Phi) is 6.35. The van der Waals surface area contributed by atoms with Crippen LogP contribution in [0.2, 0.25) is 0 Å². The number of amides is 2. The van der Waals surface area contributed by atoms with Crippen LogP contribution in [0, 0.1) is 0 Å². The molecule has 24 heavy (non-hydrogen) atoms. The lowest BCUT2D eigenvalue weighted by atomic mass is 9.90. The van der Waals surface area contributed by atoms with E-state index in [2.05, 4.69) is 5.32 Å². The first-order valence-electron chi connectivity index (χ1n) is 8.29. The van der Waals surface area contributed by atoms with Crippen molar-refractivity contribution in [3.8, 4) is 0 Å². The summed E-state index contributed by atoms with van der Waals surface area (Å²) in [5, 5.41) is 11.8. The molecular formula is C18H24N2O4. The zero-order valence-electron chi connectivity index (χ0n) is 13.9. The summed E-state index contributed by atoms with van der Waals surface area (Å²) in [6, 6.07) is 9.57. The van der Waals surface area contributed by atoms with Gasteiger partial charge in [-0.25, -0.2) is 0 Å². The van der Waals surface area contributed by atoms with Crippen molar-refractivity contribution in [3.63, 3.8) is 0 Å². The lowest BCUT2D eigenvalue weighted by Gasteiger charge is -2.42. The van der Waals surface area contributed by atoms with Crippen LogP contribution >= 0.6 is 0 Å². The molecule has 0 aromatic heterocycles. The van der Waals surface area contributed by atoms with E-state index in [-0.39, 0.29) is 36.7 Å². The smallest absolute Gasteiger partial charge is 0.303 e. The first-order valence-corrected chi connectivity index (χ1v) is 8.29. The minimum Gasteiger partial charge on any atom is -0.481 e. The van der Waals surface area contributed by atoms with Gasteiger partial charge in [0.1, 0.15) is 0 Å². The quantitative estimate of drug-likeness (QED) is 0.828. The molecule has 0 unspecified atom stereocenters. The molecule has 1 aliphatic heterocycles. The molecule has 2 N–H and O–H groups in total. The Morgan fingerprint density at radius 2 is 1.92 bits per heavy atom. The molecule has 1 saturated heterocycles. The van der Waals surface area contributed by atoms with Crippen LogP contribution in [-0.4, -0.2) is 46.4 Å². The first kappa shape index (κ1) is 18.0. The number of rotatable bonds is 6. The van der Waals surface area contributed by atoms with Gasteiger partial charge in [0.25, 0.3) is 0 Å². The Morgan fingerprint density at radius 3 is 2.54 bits per heavy atom. The van der Waals surface area contributed by atoms with Gasteiger partial charge in [-0.15, -0.1) is 0 Å². The Hall–Kier alpha value is -2.37. The van der Waals surface area contributed by atoms with Crippen molar-refractivity contribution in [2.45, 2.75) is 51.1 Å². The molecule has 2 rings (SSSR count). The topological polar surface area (TPSA) is 86.7 Å². The van der Waals surface area contributed by atoms with Gasteiger partial charge in [0.15, 0.2) is 0 Å². The van der Waals surface area contributed by atoms with Gasteiger partial charge in [0.2, 0.25) is 11.8 Å². The number of aliphatic carboxylic acids is 1. The number of likely N-dealkylation sites (tertiary alicyclic amines) is 1. The van der Waals surface area contributed by atoms with Gasteiger partial charge in [-0.1, -0.05) is 30.3 Å². The van der Waals surface area contributed by atoms with Crippen LogP contribution in [0.25, 0.3) is 0 Å². The van der Waals surface area contributed by atoms with E-state index in [0.29, 0.717) is 13.0 Å². The number of carbonyl (C=O) groups is 3. The molecule has 2 amide bonds. The first-order chi connectivity index (χ1) is 11.5. The van der Waals surface area contributed by atoms with Crippen LogP contribution in [0.15, 0.2) is 30.3 Å². The molecule has 1 aliphatic rings. The molecule has 0 bridgehead atoms. The summed E-state index contributed by atoms with van der Waals surface area (Å²) < 4.78 is 0. The van der Waals surface area contributed by atoms with Crippen molar-refractivity contribution in [2.24, 2.45) is 0 Å². The third-order valence-corrected chi connectivity index (χ3v) is 4.33. The standard InChI is InChI=1S/C18H24N2O4/c1-13(21)19-15-8-5-11-20(17(22)9-10-18(23)24)16(15)12-14-6-3-2-4-7-14/h2-4,6-7,15-16H,5,8-12H2,1H3,(H,19,21)(H,23,24)/t15-,16-/m0/s1. The fraction of sp³-hybridized carbons (Fsp3) is 0.500. The normalized spacial score (nSPS) is 20.5. The maximum Gasteiger partial charge on any atom is 0.303 e. The molecule has 0 aliphatic carbocycles. The van der Waals surface area contributed by atoms with Crippen LogP contribution in [-0.2, 0) is 20.8 Å². The SMILES string of the molecule is CC(=O)N[C@H]1CCCN(C(=O)CCC(=O)O)[C@H]1Cc1ccccc1. The molecule has 2 atom stereocenters. The van der Waals surface area contributed by atoms with Gasteiger partial charge in [0.05, 0.1) is 12.5 Å². The number of hydrogen-bond acceptors (Lipinski definition) is 3. The van der Waals surface area contributed by atoms with E-state index in [1.54, 1.807) is 4.90 Å². The van der Waals surface area contributed by atoms with Crippen LogP contribution < -0.4 is 5.32 Å². The third kappa shape index (κ3) is 5.08. The van der Waals surface area contributed by atoms with Gasteiger partial charge < -0.3 is 15.3 Å². The van der Waals surface area contributed by atoms with Gasteiger partial charge in [-0.2, -0.15) is 0 Å². The highest BCUT2D eigenvalue weighted by molar-refractivity contribution is 5.81. The van der Waals surface area contributed by atoms with Crippen molar-refractivity contribution >= 4 is 17.8 Å². The molecular weight excluding hydrogens is 308 g/mol. The van der Waals surface area contributed by atoms with E-state index in [1.165, 1.54) is 6.92 Å². The largest absolute Gasteiger partial charge is 0.481 e. The summed E-state index contributed by atoms with van der Waals surface area (Å²) in [6.07, 6.45) is 2.09. The summed E-state index contributed by atoms with van der Waals surface area (Å²) >= 11 is 0.